The topological polar surface area (TPSA) is 67.6 Å². The summed E-state index contributed by atoms with van der Waals surface area (Å²) in [5.74, 6) is -1.15. The molecule has 0 aliphatic carbocycles. The van der Waals surface area contributed by atoms with Crippen LogP contribution in [0.1, 0.15) is 0 Å². The molecule has 0 spiro atoms. The summed E-state index contributed by atoms with van der Waals surface area (Å²) in [4.78, 5) is 14.9. The minimum Gasteiger partial charge on any atom is -0.477 e. The standard InChI is InChI=1S/C10H15N3O2/c1-12-4-6-13(7-5-12)3-2-9(8-11)10(14)15/h2H,3-7H2,1H3,(H,14,15). The highest BCUT2D eigenvalue weighted by molar-refractivity contribution is 5.90. The molecule has 1 heterocycles. The Hall–Kier alpha value is -1.38. The fourth-order valence-corrected chi connectivity index (χ4v) is 1.43. The number of piperazine rings is 1. The molecule has 0 unspecified atom stereocenters. The molecule has 0 saturated carbocycles. The number of likely N-dealkylation sites (N-methyl/N-ethyl adjacent to an activating group) is 1. The summed E-state index contributed by atoms with van der Waals surface area (Å²) in [5, 5.41) is 17.2. The highest BCUT2D eigenvalue weighted by Gasteiger charge is 2.13. The minimum absolute atomic E-state index is 0.172. The number of rotatable bonds is 3. The van der Waals surface area contributed by atoms with Crippen molar-refractivity contribution in [2.45, 2.75) is 0 Å². The molecule has 1 aliphatic rings. The zero-order valence-corrected chi connectivity index (χ0v) is 8.81. The van der Waals surface area contributed by atoms with Gasteiger partial charge < -0.3 is 10.0 Å². The van der Waals surface area contributed by atoms with Crippen molar-refractivity contribution in [3.63, 3.8) is 0 Å². The Bertz CT molecular complexity index is 298. The van der Waals surface area contributed by atoms with Crippen LogP contribution in [0.15, 0.2) is 11.6 Å². The van der Waals surface area contributed by atoms with Crippen LogP contribution in [0.25, 0.3) is 0 Å². The van der Waals surface area contributed by atoms with Crippen molar-refractivity contribution in [1.29, 1.82) is 5.26 Å². The molecule has 1 saturated heterocycles. The van der Waals surface area contributed by atoms with Gasteiger partial charge in [0.25, 0.3) is 0 Å². The van der Waals surface area contributed by atoms with Gasteiger partial charge in [-0.05, 0) is 13.1 Å². The monoisotopic (exact) mass is 209 g/mol. The van der Waals surface area contributed by atoms with Gasteiger partial charge in [-0.2, -0.15) is 5.26 Å². The van der Waals surface area contributed by atoms with Crippen LogP contribution in [0.4, 0.5) is 0 Å². The van der Waals surface area contributed by atoms with E-state index in [9.17, 15) is 4.79 Å². The molecule has 0 aromatic rings. The van der Waals surface area contributed by atoms with Gasteiger partial charge in [-0.25, -0.2) is 4.79 Å². The van der Waals surface area contributed by atoms with Crippen LogP contribution >= 0.6 is 0 Å². The van der Waals surface area contributed by atoms with Gasteiger partial charge in [-0.3, -0.25) is 4.90 Å². The third-order valence-electron chi connectivity index (χ3n) is 2.50. The van der Waals surface area contributed by atoms with Crippen molar-refractivity contribution in [2.75, 3.05) is 39.8 Å². The second-order valence-corrected chi connectivity index (χ2v) is 3.64. The van der Waals surface area contributed by atoms with Crippen LogP contribution in [0.3, 0.4) is 0 Å². The quantitative estimate of drug-likeness (QED) is 0.513. The van der Waals surface area contributed by atoms with Crippen LogP contribution in [0.5, 0.6) is 0 Å². The third-order valence-corrected chi connectivity index (χ3v) is 2.50. The summed E-state index contributed by atoms with van der Waals surface area (Å²) in [6, 6.07) is 1.67. The average Bonchev–Trinajstić information content (AvgIpc) is 2.21. The summed E-state index contributed by atoms with van der Waals surface area (Å²) in [6.45, 7) is 4.37. The Labute approximate surface area is 89.2 Å². The van der Waals surface area contributed by atoms with Gasteiger partial charge in [-0.1, -0.05) is 0 Å². The Kier molecular flexibility index (Phi) is 4.28. The van der Waals surface area contributed by atoms with Crippen molar-refractivity contribution < 1.29 is 9.90 Å². The minimum atomic E-state index is -1.15. The molecule has 0 bridgehead atoms. The van der Waals surface area contributed by atoms with E-state index >= 15 is 0 Å². The highest BCUT2D eigenvalue weighted by Crippen LogP contribution is 2.00. The van der Waals surface area contributed by atoms with Crippen molar-refractivity contribution in [1.82, 2.24) is 9.80 Å². The number of nitriles is 1. The second-order valence-electron chi connectivity index (χ2n) is 3.64. The molecule has 1 N–H and O–H groups in total. The van der Waals surface area contributed by atoms with Gasteiger partial charge in [0.15, 0.2) is 0 Å². The summed E-state index contributed by atoms with van der Waals surface area (Å²) < 4.78 is 0. The smallest absolute Gasteiger partial charge is 0.346 e. The van der Waals surface area contributed by atoms with Crippen LogP contribution in [0.2, 0.25) is 0 Å². The Morgan fingerprint density at radius 1 is 1.47 bits per heavy atom. The Morgan fingerprint density at radius 3 is 2.53 bits per heavy atom. The highest BCUT2D eigenvalue weighted by atomic mass is 16.4. The van der Waals surface area contributed by atoms with E-state index < -0.39 is 5.97 Å². The zero-order chi connectivity index (χ0) is 11.3. The van der Waals surface area contributed by atoms with Gasteiger partial charge in [0, 0.05) is 32.7 Å². The maximum Gasteiger partial charge on any atom is 0.346 e. The van der Waals surface area contributed by atoms with Crippen molar-refractivity contribution in [2.24, 2.45) is 0 Å². The number of hydrogen-bond acceptors (Lipinski definition) is 4. The summed E-state index contributed by atoms with van der Waals surface area (Å²) in [6.07, 6.45) is 1.48. The molecule has 1 aliphatic heterocycles. The van der Waals surface area contributed by atoms with Gasteiger partial charge in [-0.15, -0.1) is 0 Å². The number of carbonyl (C=O) groups is 1. The number of carboxylic acid groups (broad SMARTS) is 1. The number of hydrogen-bond donors (Lipinski definition) is 1. The van der Waals surface area contributed by atoms with Crippen LogP contribution in [-0.2, 0) is 4.79 Å². The molecule has 5 nitrogen and oxygen atoms in total. The zero-order valence-electron chi connectivity index (χ0n) is 8.81. The average molecular weight is 209 g/mol. The maximum absolute atomic E-state index is 10.5. The molecule has 1 rings (SSSR count). The van der Waals surface area contributed by atoms with Crippen LogP contribution in [-0.4, -0.2) is 60.6 Å². The van der Waals surface area contributed by atoms with E-state index in [1.54, 1.807) is 6.07 Å². The van der Waals surface area contributed by atoms with Gasteiger partial charge >= 0.3 is 5.97 Å². The van der Waals surface area contributed by atoms with E-state index in [1.807, 2.05) is 0 Å². The lowest BCUT2D eigenvalue weighted by atomic mass is 10.2. The fourth-order valence-electron chi connectivity index (χ4n) is 1.43. The van der Waals surface area contributed by atoms with Gasteiger partial charge in [0.05, 0.1) is 0 Å². The molecular formula is C10H15N3O2. The normalized spacial score (nSPS) is 19.9. The first-order valence-corrected chi connectivity index (χ1v) is 4.88. The third kappa shape index (κ3) is 3.70. The largest absolute Gasteiger partial charge is 0.477 e. The van der Waals surface area contributed by atoms with Crippen molar-refractivity contribution >= 4 is 5.97 Å². The lowest BCUT2D eigenvalue weighted by molar-refractivity contribution is -0.132. The first kappa shape index (κ1) is 11.7. The fraction of sp³-hybridized carbons (Fsp3) is 0.600. The predicted molar refractivity (Wildman–Crippen MR) is 55.3 cm³/mol. The van der Waals surface area contributed by atoms with E-state index in [0.29, 0.717) is 6.54 Å². The van der Waals surface area contributed by atoms with Crippen molar-refractivity contribution in [3.8, 4) is 6.07 Å². The van der Waals surface area contributed by atoms with Crippen molar-refractivity contribution in [3.05, 3.63) is 11.6 Å². The van der Waals surface area contributed by atoms with Gasteiger partial charge in [0.1, 0.15) is 11.6 Å². The van der Waals surface area contributed by atoms with E-state index in [4.69, 9.17) is 10.4 Å². The Balaban J connectivity index is 2.43. The molecule has 0 atom stereocenters. The summed E-state index contributed by atoms with van der Waals surface area (Å²) in [7, 11) is 2.06. The van der Waals surface area contributed by atoms with E-state index in [-0.39, 0.29) is 5.57 Å². The number of carboxylic acids is 1. The molecule has 0 radical (unpaired) electrons. The predicted octanol–water partition coefficient (Wildman–Crippen LogP) is -0.232. The molecular weight excluding hydrogens is 194 g/mol. The first-order chi connectivity index (χ1) is 7.13. The SMILES string of the molecule is CN1CCN(CC=C(C#N)C(=O)O)CC1. The van der Waals surface area contributed by atoms with E-state index in [0.717, 1.165) is 26.2 Å². The molecule has 0 aromatic heterocycles. The maximum atomic E-state index is 10.5. The number of nitrogens with zero attached hydrogens (tertiary/aromatic N) is 3. The lowest BCUT2D eigenvalue weighted by Gasteiger charge is -2.31. The molecule has 0 amide bonds. The summed E-state index contributed by atoms with van der Waals surface area (Å²) >= 11 is 0. The molecule has 82 valence electrons. The summed E-state index contributed by atoms with van der Waals surface area (Å²) in [5.41, 5.74) is -0.172. The van der Waals surface area contributed by atoms with Gasteiger partial charge in [0.2, 0.25) is 0 Å². The molecule has 15 heavy (non-hydrogen) atoms. The van der Waals surface area contributed by atoms with E-state index in [2.05, 4.69) is 16.8 Å². The first-order valence-electron chi connectivity index (χ1n) is 4.88. The lowest BCUT2D eigenvalue weighted by Crippen LogP contribution is -2.44. The number of aliphatic carboxylic acids is 1. The molecule has 5 heteroatoms. The molecule has 0 aromatic carbocycles. The second kappa shape index (κ2) is 5.49. The van der Waals surface area contributed by atoms with Crippen LogP contribution < -0.4 is 0 Å². The van der Waals surface area contributed by atoms with Crippen LogP contribution in [0, 0.1) is 11.3 Å². The van der Waals surface area contributed by atoms with E-state index in [1.165, 1.54) is 6.08 Å². The Morgan fingerprint density at radius 2 is 2.07 bits per heavy atom. The molecule has 1 fully saturated rings.